The molecule has 0 aromatic carbocycles. The van der Waals surface area contributed by atoms with Gasteiger partial charge in [0.15, 0.2) is 0 Å². The van der Waals surface area contributed by atoms with Crippen LogP contribution in [0.1, 0.15) is 107 Å². The van der Waals surface area contributed by atoms with E-state index in [4.69, 9.17) is 4.74 Å². The number of amides is 2. The Morgan fingerprint density at radius 3 is 1.38 bits per heavy atom. The molecule has 524 valence electrons. The Labute approximate surface area is 571 Å². The van der Waals surface area contributed by atoms with Gasteiger partial charge in [-0.2, -0.15) is 0 Å². The van der Waals surface area contributed by atoms with Crippen LogP contribution in [-0.2, 0) is 25.9 Å². The summed E-state index contributed by atoms with van der Waals surface area (Å²) in [6.45, 7) is 14.8. The second-order valence-corrected chi connectivity index (χ2v) is 33.9. The molecule has 3 saturated heterocycles. The van der Waals surface area contributed by atoms with E-state index in [0.29, 0.717) is 36.7 Å². The fraction of sp³-hybridized carbons (Fsp3) is 0.486. The van der Waals surface area contributed by atoms with Crippen molar-refractivity contribution in [3.8, 4) is 0 Å². The first-order valence-corrected chi connectivity index (χ1v) is 37.7. The molecule has 0 radical (unpaired) electrons. The molecule has 3 aliphatic heterocycles. The molecule has 9 aromatic heterocycles. The van der Waals surface area contributed by atoms with Gasteiger partial charge in [0.25, 0.3) is 0 Å². The number of aliphatic hydroxyl groups excluding tert-OH is 3. The quantitative estimate of drug-likeness (QED) is 0.0276. The van der Waals surface area contributed by atoms with Gasteiger partial charge in [-0.3, -0.25) is 29.3 Å². The number of aliphatic hydroxyl groups is 3. The van der Waals surface area contributed by atoms with Crippen molar-refractivity contribution in [2.75, 3.05) is 73.7 Å². The van der Waals surface area contributed by atoms with Crippen molar-refractivity contribution < 1.29 is 52.7 Å². The number of ether oxygens (including phenoxy) is 1. The van der Waals surface area contributed by atoms with Gasteiger partial charge in [0, 0.05) is 103 Å². The SMILES string of the molecule is CCC(O)c1ccc(F)cn1.C[Si](C)(C)CCOCn1ccc2c(N3CC[C@H](C(=O)O)C4(CC4)C3)ncnc21.O=C(NC[C@@H](O)c1ccc(F)cn1)[C@H]1CCN(c2ncnc3[nH]ccc23)CC12CC2.O=C(NC[C@H](O)c1ccc(F)cn1)[C@H]1CCN(c2ncnc3[nH]ccc23)CC12CC2. The molecule has 3 spiro atoms. The minimum atomic E-state index is -1.09. The second kappa shape index (κ2) is 29.8. The summed E-state index contributed by atoms with van der Waals surface area (Å²) in [4.78, 5) is 88.4. The van der Waals surface area contributed by atoms with E-state index in [1.54, 1.807) is 19.0 Å². The second-order valence-electron chi connectivity index (χ2n) is 28.3. The molecular weight excluding hydrogens is 1290 g/mol. The van der Waals surface area contributed by atoms with Crippen LogP contribution in [0.3, 0.4) is 0 Å². The van der Waals surface area contributed by atoms with Crippen LogP contribution in [0.25, 0.3) is 33.1 Å². The van der Waals surface area contributed by atoms with Crippen molar-refractivity contribution in [2.24, 2.45) is 34.0 Å². The topological polar surface area (TPSA) is 328 Å². The molecule has 6 fully saturated rings. The average Bonchev–Trinajstić information content (AvgIpc) is 1.61. The monoisotopic (exact) mass is 1380 g/mol. The summed E-state index contributed by atoms with van der Waals surface area (Å²) in [5.41, 5.74) is 3.55. The third kappa shape index (κ3) is 16.3. The van der Waals surface area contributed by atoms with Gasteiger partial charge in [-0.05, 0) is 136 Å². The maximum Gasteiger partial charge on any atom is 0.307 e. The molecule has 3 aliphatic carbocycles. The van der Waals surface area contributed by atoms with E-state index in [1.807, 2.05) is 42.2 Å². The molecule has 25 nitrogen and oxygen atoms in total. The maximum absolute atomic E-state index is 13.0. The van der Waals surface area contributed by atoms with Crippen molar-refractivity contribution in [1.29, 1.82) is 0 Å². The van der Waals surface area contributed by atoms with Gasteiger partial charge in [-0.1, -0.05) is 26.6 Å². The lowest BCUT2D eigenvalue weighted by atomic mass is 9.81. The lowest BCUT2D eigenvalue weighted by Crippen LogP contribution is -2.48. The van der Waals surface area contributed by atoms with Crippen LogP contribution in [0.4, 0.5) is 30.6 Å². The predicted octanol–water partition coefficient (Wildman–Crippen LogP) is 9.00. The van der Waals surface area contributed by atoms with Crippen molar-refractivity contribution in [2.45, 2.75) is 122 Å². The third-order valence-corrected chi connectivity index (χ3v) is 22.0. The predicted molar refractivity (Wildman–Crippen MR) is 367 cm³/mol. The molecule has 29 heteroatoms. The van der Waals surface area contributed by atoms with Crippen LogP contribution in [0.5, 0.6) is 0 Å². The minimum absolute atomic E-state index is 0.0391. The molecule has 6 atom stereocenters. The van der Waals surface area contributed by atoms with Crippen LogP contribution in [0.15, 0.2) is 111 Å². The number of carboxylic acids is 1. The number of nitrogens with zero attached hydrogens (tertiary/aromatic N) is 13. The summed E-state index contributed by atoms with van der Waals surface area (Å²) in [6.07, 6.45) is 19.9. The van der Waals surface area contributed by atoms with Crippen LogP contribution in [0, 0.1) is 51.5 Å². The first-order chi connectivity index (χ1) is 47.6. The van der Waals surface area contributed by atoms with Crippen molar-refractivity contribution in [1.82, 2.24) is 70.0 Å². The van der Waals surface area contributed by atoms with Gasteiger partial charge in [-0.15, -0.1) is 0 Å². The molecular formula is C70H86F3N17O8Si. The summed E-state index contributed by atoms with van der Waals surface area (Å²) in [6, 6.07) is 15.3. The van der Waals surface area contributed by atoms with E-state index >= 15 is 0 Å². The molecule has 12 heterocycles. The van der Waals surface area contributed by atoms with Crippen LogP contribution >= 0.6 is 0 Å². The zero-order valence-corrected chi connectivity index (χ0v) is 57.1. The Morgan fingerprint density at radius 2 is 0.980 bits per heavy atom. The van der Waals surface area contributed by atoms with E-state index in [0.717, 1.165) is 172 Å². The van der Waals surface area contributed by atoms with E-state index in [9.17, 15) is 48.0 Å². The number of rotatable bonds is 19. The molecule has 8 N–H and O–H groups in total. The Balaban J connectivity index is 0.000000131. The van der Waals surface area contributed by atoms with Gasteiger partial charge in [0.05, 0.1) is 63.9 Å². The molecule has 15 rings (SSSR count). The highest BCUT2D eigenvalue weighted by Gasteiger charge is 2.58. The zero-order chi connectivity index (χ0) is 69.6. The molecule has 9 aromatic rings. The number of carbonyl (C=O) groups is 3. The van der Waals surface area contributed by atoms with Gasteiger partial charge in [0.1, 0.15) is 89.8 Å². The summed E-state index contributed by atoms with van der Waals surface area (Å²) in [5.74, 6) is 0.307. The van der Waals surface area contributed by atoms with Gasteiger partial charge in [0.2, 0.25) is 11.8 Å². The van der Waals surface area contributed by atoms with Crippen molar-refractivity contribution >= 4 is 76.4 Å². The number of fused-ring (bicyclic) bond motifs is 3. The summed E-state index contributed by atoms with van der Waals surface area (Å²) < 4.78 is 46.2. The fourth-order valence-corrected chi connectivity index (χ4v) is 14.9. The number of halogens is 3. The highest BCUT2D eigenvalue weighted by atomic mass is 28.3. The van der Waals surface area contributed by atoms with Crippen LogP contribution in [-0.4, -0.2) is 165 Å². The largest absolute Gasteiger partial charge is 0.481 e. The van der Waals surface area contributed by atoms with E-state index < -0.39 is 44.0 Å². The Kier molecular flexibility index (Phi) is 21.0. The minimum Gasteiger partial charge on any atom is -0.481 e. The molecule has 3 saturated carbocycles. The highest BCUT2D eigenvalue weighted by Crippen LogP contribution is 2.58. The standard InChI is InChI=1S/2C21H23FN6O2.C20H30N4O3Si.C8H10FNO/c2*22-13-1-2-16(24-9-13)17(29)10-25-20(30)15-4-8-28(11-21(15)5-6-21)19-14-3-7-23-18(14)26-12-27-19;1-28(2,3)11-10-27-14-24-8-4-15-17(21-13-22-18(15)24)23-9-5-16(19(25)26)20(12-23)6-7-20;1-2-8(11)7-4-3-6(9)5-10-7/h2*1-3,7,9,12,15,17,29H,4-6,8,10-11H2,(H,25,30)(H,23,26,27);4,8,13,16H,5-7,9-12,14H2,1-3H3,(H,25,26);3-5,8,11H,2H2,1H3/t15-,17+;15-,17-;16-;/m111./s1. The third-order valence-electron chi connectivity index (χ3n) is 20.3. The first-order valence-electron chi connectivity index (χ1n) is 34.0. The zero-order valence-electron chi connectivity index (χ0n) is 56.1. The number of piperidine rings is 3. The molecule has 0 bridgehead atoms. The van der Waals surface area contributed by atoms with Crippen LogP contribution in [0.2, 0.25) is 25.7 Å². The average molecular weight is 1380 g/mol. The molecule has 99 heavy (non-hydrogen) atoms. The van der Waals surface area contributed by atoms with Crippen molar-refractivity contribution in [3.63, 3.8) is 0 Å². The van der Waals surface area contributed by atoms with Crippen molar-refractivity contribution in [3.05, 3.63) is 145 Å². The Hall–Kier alpha value is -9.03. The Morgan fingerprint density at radius 1 is 0.566 bits per heavy atom. The summed E-state index contributed by atoms with van der Waals surface area (Å²) >= 11 is 0. The van der Waals surface area contributed by atoms with Gasteiger partial charge >= 0.3 is 5.97 Å². The number of hydrogen-bond acceptors (Lipinski definition) is 19. The van der Waals surface area contributed by atoms with Gasteiger partial charge in [-0.25, -0.2) is 43.1 Å². The smallest absolute Gasteiger partial charge is 0.307 e. The Bertz CT molecular complexity index is 4070. The number of carbonyl (C=O) groups excluding carboxylic acids is 2. The first kappa shape index (κ1) is 69.9. The van der Waals surface area contributed by atoms with E-state index in [-0.39, 0.29) is 64.7 Å². The summed E-state index contributed by atoms with van der Waals surface area (Å²) in [7, 11) is -1.09. The van der Waals surface area contributed by atoms with E-state index in [2.05, 4.69) is 106 Å². The lowest BCUT2D eigenvalue weighted by molar-refractivity contribution is -0.145. The number of nitrogens with one attached hydrogen (secondary N) is 4. The number of aliphatic carboxylic acids is 1. The van der Waals surface area contributed by atoms with E-state index in [1.165, 1.54) is 36.4 Å². The number of aromatic amines is 2. The van der Waals surface area contributed by atoms with Gasteiger partial charge < -0.3 is 65.0 Å². The highest BCUT2D eigenvalue weighted by molar-refractivity contribution is 6.76. The molecule has 6 aliphatic rings. The molecule has 2 amide bonds. The maximum atomic E-state index is 13.0. The number of hydrogen-bond donors (Lipinski definition) is 8. The molecule has 1 unspecified atom stereocenters. The number of carboxylic acid groups (broad SMARTS) is 1. The van der Waals surface area contributed by atoms with Crippen LogP contribution < -0.4 is 25.3 Å². The number of aromatic nitrogens is 12. The number of H-pyrrole nitrogens is 2. The number of pyridine rings is 3. The normalized spacial score (nSPS) is 20.2. The summed E-state index contributed by atoms with van der Waals surface area (Å²) in [5, 5.41) is 48.0. The fourth-order valence-electron chi connectivity index (χ4n) is 14.2. The lowest BCUT2D eigenvalue weighted by Gasteiger charge is -2.39. The number of anilines is 3.